The summed E-state index contributed by atoms with van der Waals surface area (Å²) >= 11 is 0. The molecule has 3 rings (SSSR count). The molecule has 0 aromatic heterocycles. The lowest BCUT2D eigenvalue weighted by atomic mass is 10.2. The van der Waals surface area contributed by atoms with Crippen LogP contribution in [0.15, 0.2) is 47.4 Å². The summed E-state index contributed by atoms with van der Waals surface area (Å²) in [7, 11) is -3.55. The second-order valence-electron chi connectivity index (χ2n) is 6.85. The Bertz CT molecular complexity index is 969. The van der Waals surface area contributed by atoms with E-state index in [0.717, 1.165) is 12.1 Å². The van der Waals surface area contributed by atoms with Crippen LogP contribution in [0.5, 0.6) is 0 Å². The topological polar surface area (TPSA) is 69.7 Å². The summed E-state index contributed by atoms with van der Waals surface area (Å²) in [5, 5.41) is 3.09. The molecule has 2 aromatic rings. The third-order valence-corrected chi connectivity index (χ3v) is 7.34. The summed E-state index contributed by atoms with van der Waals surface area (Å²) in [5.41, 5.74) is 3.45. The zero-order valence-corrected chi connectivity index (χ0v) is 17.4. The van der Waals surface area contributed by atoms with Crippen LogP contribution >= 0.6 is 0 Å². The second-order valence-corrected chi connectivity index (χ2v) is 8.75. The van der Waals surface area contributed by atoms with Gasteiger partial charge in [0.2, 0.25) is 15.9 Å². The Morgan fingerprint density at radius 2 is 1.86 bits per heavy atom. The molecule has 0 atom stereocenters. The van der Waals surface area contributed by atoms with Crippen molar-refractivity contribution in [3.8, 4) is 0 Å². The number of nitrogens with zero attached hydrogens (tertiary/aromatic N) is 2. The fourth-order valence-electron chi connectivity index (χ4n) is 3.56. The van der Waals surface area contributed by atoms with Gasteiger partial charge in [0.15, 0.2) is 0 Å². The minimum atomic E-state index is -3.55. The molecule has 0 bridgehead atoms. The molecule has 0 spiro atoms. The first-order chi connectivity index (χ1) is 13.4. The number of carbonyl (C=O) groups excluding carboxylic acids is 1. The summed E-state index contributed by atoms with van der Waals surface area (Å²) in [6.07, 6.45) is 0.860. The minimum Gasteiger partial charge on any atom is -0.376 e. The Balaban J connectivity index is 1.75. The highest BCUT2D eigenvalue weighted by Gasteiger charge is 2.25. The molecule has 1 amide bonds. The first-order valence-electron chi connectivity index (χ1n) is 9.61. The maximum atomic E-state index is 12.9. The van der Waals surface area contributed by atoms with Crippen molar-refractivity contribution in [1.82, 2.24) is 4.31 Å². The predicted molar refractivity (Wildman–Crippen MR) is 112 cm³/mol. The van der Waals surface area contributed by atoms with E-state index in [2.05, 4.69) is 5.32 Å². The summed E-state index contributed by atoms with van der Waals surface area (Å²) in [5.74, 6) is -0.0290. The highest BCUT2D eigenvalue weighted by atomic mass is 32.2. The number of para-hydroxylation sites is 1. The van der Waals surface area contributed by atoms with Crippen LogP contribution < -0.4 is 10.2 Å². The van der Waals surface area contributed by atoms with E-state index in [0.29, 0.717) is 30.9 Å². The summed E-state index contributed by atoms with van der Waals surface area (Å²) in [4.78, 5) is 14.7. The third-order valence-electron chi connectivity index (χ3n) is 5.14. The normalized spacial score (nSPS) is 13.6. The SMILES string of the molecule is CCN(CC)S(=O)(=O)c1cc(NCC(=O)N2CCc3ccccc32)ccc1C. The number of sulfonamides is 1. The number of amides is 1. The van der Waals surface area contributed by atoms with Gasteiger partial charge in [-0.05, 0) is 42.7 Å². The largest absolute Gasteiger partial charge is 0.376 e. The van der Waals surface area contributed by atoms with Crippen molar-refractivity contribution >= 4 is 27.3 Å². The third kappa shape index (κ3) is 3.91. The van der Waals surface area contributed by atoms with E-state index < -0.39 is 10.0 Å². The van der Waals surface area contributed by atoms with Crippen molar-refractivity contribution in [3.63, 3.8) is 0 Å². The van der Waals surface area contributed by atoms with Crippen LogP contribution in [0.3, 0.4) is 0 Å². The van der Waals surface area contributed by atoms with Gasteiger partial charge in [0.05, 0.1) is 11.4 Å². The Labute approximate surface area is 167 Å². The van der Waals surface area contributed by atoms with E-state index in [-0.39, 0.29) is 17.3 Å². The zero-order chi connectivity index (χ0) is 20.3. The van der Waals surface area contributed by atoms with Crippen LogP contribution in [-0.4, -0.2) is 44.8 Å². The number of fused-ring (bicyclic) bond motifs is 1. The van der Waals surface area contributed by atoms with Gasteiger partial charge < -0.3 is 10.2 Å². The maximum Gasteiger partial charge on any atom is 0.246 e. The molecule has 0 aliphatic carbocycles. The molecule has 150 valence electrons. The lowest BCUT2D eigenvalue weighted by Gasteiger charge is -2.21. The molecule has 0 saturated carbocycles. The van der Waals surface area contributed by atoms with Gasteiger partial charge in [-0.2, -0.15) is 4.31 Å². The Morgan fingerprint density at radius 3 is 2.57 bits per heavy atom. The number of rotatable bonds is 7. The fraction of sp³-hybridized carbons (Fsp3) is 0.381. The standard InChI is InChI=1S/C21H27N3O3S/c1-4-23(5-2)28(26,27)20-14-18(11-10-16(20)3)22-15-21(25)24-13-12-17-8-6-7-9-19(17)24/h6-11,14,22H,4-5,12-13,15H2,1-3H3. The van der Waals surface area contributed by atoms with Gasteiger partial charge in [-0.1, -0.05) is 38.1 Å². The lowest BCUT2D eigenvalue weighted by molar-refractivity contribution is -0.116. The molecular weight excluding hydrogens is 374 g/mol. The molecule has 0 unspecified atom stereocenters. The van der Waals surface area contributed by atoms with Crippen LogP contribution in [0.1, 0.15) is 25.0 Å². The number of hydrogen-bond acceptors (Lipinski definition) is 4. The molecule has 1 heterocycles. The average Bonchev–Trinajstić information content (AvgIpc) is 3.12. The monoisotopic (exact) mass is 401 g/mol. The first kappa shape index (κ1) is 20.4. The zero-order valence-electron chi connectivity index (χ0n) is 16.6. The first-order valence-corrected chi connectivity index (χ1v) is 11.1. The van der Waals surface area contributed by atoms with Crippen molar-refractivity contribution in [1.29, 1.82) is 0 Å². The van der Waals surface area contributed by atoms with E-state index in [9.17, 15) is 13.2 Å². The number of benzene rings is 2. The maximum absolute atomic E-state index is 12.9. The number of carbonyl (C=O) groups is 1. The molecule has 1 N–H and O–H groups in total. The van der Waals surface area contributed by atoms with E-state index in [1.807, 2.05) is 44.2 Å². The van der Waals surface area contributed by atoms with Crippen molar-refractivity contribution in [2.45, 2.75) is 32.1 Å². The van der Waals surface area contributed by atoms with Crippen LogP contribution in [0.4, 0.5) is 11.4 Å². The molecule has 0 radical (unpaired) electrons. The molecular formula is C21H27N3O3S. The fourth-order valence-corrected chi connectivity index (χ4v) is 5.27. The van der Waals surface area contributed by atoms with Gasteiger partial charge in [-0.15, -0.1) is 0 Å². The Hall–Kier alpha value is -2.38. The van der Waals surface area contributed by atoms with Crippen molar-refractivity contribution in [3.05, 3.63) is 53.6 Å². The lowest BCUT2D eigenvalue weighted by Crippen LogP contribution is -2.34. The highest BCUT2D eigenvalue weighted by Crippen LogP contribution is 2.28. The summed E-state index contributed by atoms with van der Waals surface area (Å²) in [6, 6.07) is 13.1. The number of anilines is 2. The van der Waals surface area contributed by atoms with E-state index in [1.54, 1.807) is 24.0 Å². The number of hydrogen-bond donors (Lipinski definition) is 1. The van der Waals surface area contributed by atoms with Crippen molar-refractivity contribution in [2.75, 3.05) is 36.4 Å². The predicted octanol–water partition coefficient (Wildman–Crippen LogP) is 3.03. The Morgan fingerprint density at radius 1 is 1.14 bits per heavy atom. The highest BCUT2D eigenvalue weighted by molar-refractivity contribution is 7.89. The van der Waals surface area contributed by atoms with E-state index >= 15 is 0 Å². The van der Waals surface area contributed by atoms with Gasteiger partial charge in [-0.3, -0.25) is 4.79 Å². The molecule has 0 saturated heterocycles. The molecule has 6 nitrogen and oxygen atoms in total. The minimum absolute atomic E-state index is 0.0290. The molecule has 0 fully saturated rings. The van der Waals surface area contributed by atoms with Crippen LogP contribution in [0, 0.1) is 6.92 Å². The second kappa shape index (κ2) is 8.32. The number of aryl methyl sites for hydroxylation is 1. The van der Waals surface area contributed by atoms with Gasteiger partial charge >= 0.3 is 0 Å². The average molecular weight is 402 g/mol. The van der Waals surface area contributed by atoms with Crippen molar-refractivity contribution in [2.24, 2.45) is 0 Å². The summed E-state index contributed by atoms with van der Waals surface area (Å²) < 4.78 is 27.2. The quantitative estimate of drug-likeness (QED) is 0.774. The molecule has 1 aliphatic heterocycles. The van der Waals surface area contributed by atoms with Gasteiger partial charge in [0.1, 0.15) is 0 Å². The Kier molecular flexibility index (Phi) is 6.05. The van der Waals surface area contributed by atoms with E-state index in [1.165, 1.54) is 9.87 Å². The van der Waals surface area contributed by atoms with Gasteiger partial charge in [0.25, 0.3) is 0 Å². The van der Waals surface area contributed by atoms with Crippen LogP contribution in [0.25, 0.3) is 0 Å². The van der Waals surface area contributed by atoms with Crippen LogP contribution in [-0.2, 0) is 21.2 Å². The summed E-state index contributed by atoms with van der Waals surface area (Å²) in [6.45, 7) is 7.06. The van der Waals surface area contributed by atoms with Crippen LogP contribution in [0.2, 0.25) is 0 Å². The van der Waals surface area contributed by atoms with Gasteiger partial charge in [0, 0.05) is 31.0 Å². The molecule has 1 aliphatic rings. The van der Waals surface area contributed by atoms with Gasteiger partial charge in [-0.25, -0.2) is 8.42 Å². The number of nitrogens with one attached hydrogen (secondary N) is 1. The molecule has 28 heavy (non-hydrogen) atoms. The van der Waals surface area contributed by atoms with Crippen molar-refractivity contribution < 1.29 is 13.2 Å². The smallest absolute Gasteiger partial charge is 0.246 e. The molecule has 7 heteroatoms. The van der Waals surface area contributed by atoms with E-state index in [4.69, 9.17) is 0 Å². The molecule has 2 aromatic carbocycles.